The fourth-order valence-electron chi connectivity index (χ4n) is 4.56. The highest BCUT2D eigenvalue weighted by atomic mass is 35.5. The lowest BCUT2D eigenvalue weighted by Crippen LogP contribution is -2.49. The average Bonchev–Trinajstić information content (AvgIpc) is 3.66. The van der Waals surface area contributed by atoms with E-state index >= 15 is 0 Å². The zero-order valence-electron chi connectivity index (χ0n) is 22.3. The Hall–Kier alpha value is -3.42. The molecular formula is C27H30ClF2N5O5S. The smallest absolute Gasteiger partial charge is 0.387 e. The number of alkyl halides is 2. The Bertz CT molecular complexity index is 1590. The topological polar surface area (TPSA) is 120 Å². The highest BCUT2D eigenvalue weighted by Crippen LogP contribution is 2.45. The van der Waals surface area contributed by atoms with Crippen molar-refractivity contribution in [2.24, 2.45) is 5.41 Å². The summed E-state index contributed by atoms with van der Waals surface area (Å²) in [6.45, 7) is 0.373. The summed E-state index contributed by atoms with van der Waals surface area (Å²) in [6.07, 6.45) is 3.58. The van der Waals surface area contributed by atoms with Gasteiger partial charge in [-0.2, -0.15) is 22.9 Å². The molecule has 0 atom stereocenters. The van der Waals surface area contributed by atoms with Gasteiger partial charge in [-0.05, 0) is 42.7 Å². The second-order valence-corrected chi connectivity index (χ2v) is 12.9. The normalized spacial score (nSPS) is 17.0. The van der Waals surface area contributed by atoms with Crippen LogP contribution in [0.3, 0.4) is 0 Å². The Morgan fingerprint density at radius 2 is 1.85 bits per heavy atom. The van der Waals surface area contributed by atoms with Crippen LogP contribution in [-0.4, -0.2) is 61.9 Å². The van der Waals surface area contributed by atoms with E-state index in [0.717, 1.165) is 12.8 Å². The van der Waals surface area contributed by atoms with Crippen molar-refractivity contribution in [3.8, 4) is 17.2 Å². The van der Waals surface area contributed by atoms with Gasteiger partial charge in [-0.25, -0.2) is 8.42 Å². The molecule has 14 heteroatoms. The molecule has 5 rings (SSSR count). The van der Waals surface area contributed by atoms with Gasteiger partial charge in [-0.3, -0.25) is 4.79 Å². The van der Waals surface area contributed by atoms with Crippen LogP contribution >= 0.6 is 11.6 Å². The summed E-state index contributed by atoms with van der Waals surface area (Å²) in [5, 5.41) is 4.83. The van der Waals surface area contributed by atoms with E-state index in [-0.39, 0.29) is 41.3 Å². The van der Waals surface area contributed by atoms with Crippen LogP contribution in [0.4, 0.5) is 20.2 Å². The molecule has 41 heavy (non-hydrogen) atoms. The SMILES string of the molecule is CC1(COc2c(N3CCN(S(=O)(=O)Cc4ccc(OC(F)F)cc4N)CC3)cnn(-c3cccc(Cl)c3)c2=O)CC1. The summed E-state index contributed by atoms with van der Waals surface area (Å²) in [7, 11) is -3.77. The molecular weight excluding hydrogens is 580 g/mol. The molecule has 2 aromatic carbocycles. The number of halogens is 3. The first-order valence-corrected chi connectivity index (χ1v) is 15.0. The van der Waals surface area contributed by atoms with Gasteiger partial charge in [-0.1, -0.05) is 30.7 Å². The largest absolute Gasteiger partial charge is 0.486 e. The van der Waals surface area contributed by atoms with Crippen LogP contribution < -0.4 is 25.7 Å². The number of nitrogen functional groups attached to an aromatic ring is 1. The molecule has 3 aromatic rings. The van der Waals surface area contributed by atoms with Crippen molar-refractivity contribution in [1.29, 1.82) is 0 Å². The number of aromatic nitrogens is 2. The molecule has 220 valence electrons. The Balaban J connectivity index is 1.33. The minimum Gasteiger partial charge on any atom is -0.486 e. The number of hydrogen-bond donors (Lipinski definition) is 1. The zero-order chi connectivity index (χ0) is 29.4. The minimum atomic E-state index is -3.77. The first-order chi connectivity index (χ1) is 19.4. The van der Waals surface area contributed by atoms with Crippen molar-refractivity contribution in [1.82, 2.24) is 14.1 Å². The lowest BCUT2D eigenvalue weighted by Gasteiger charge is -2.36. The first kappa shape index (κ1) is 29.1. The molecule has 0 spiro atoms. The number of benzene rings is 2. The van der Waals surface area contributed by atoms with E-state index in [4.69, 9.17) is 22.1 Å². The van der Waals surface area contributed by atoms with Crippen LogP contribution in [0.15, 0.2) is 53.5 Å². The van der Waals surface area contributed by atoms with E-state index in [9.17, 15) is 22.0 Å². The third-order valence-electron chi connectivity index (χ3n) is 7.29. The summed E-state index contributed by atoms with van der Waals surface area (Å²) in [6, 6.07) is 10.6. The summed E-state index contributed by atoms with van der Waals surface area (Å²) < 4.78 is 64.3. The van der Waals surface area contributed by atoms with Gasteiger partial charge in [0.25, 0.3) is 0 Å². The van der Waals surface area contributed by atoms with E-state index in [1.807, 2.05) is 4.90 Å². The molecule has 2 N–H and O–H groups in total. The number of anilines is 2. The second-order valence-electron chi connectivity index (χ2n) is 10.5. The standard InChI is InChI=1S/C27H30ClF2N5O5S/c1-27(7-8-27)17-39-24-23(15-32-35(25(24)36)20-4-2-3-19(28)13-20)33-9-11-34(12-10-33)41(37,38)16-18-5-6-21(14-22(18)31)40-26(29)30/h2-6,13-15,26H,7-12,16-17,31H2,1H3. The van der Waals surface area contributed by atoms with Gasteiger partial charge in [0, 0.05) is 48.4 Å². The predicted molar refractivity (Wildman–Crippen MR) is 152 cm³/mol. The molecule has 0 amide bonds. The van der Waals surface area contributed by atoms with Crippen LogP contribution in [-0.2, 0) is 15.8 Å². The van der Waals surface area contributed by atoms with Crippen molar-refractivity contribution in [2.45, 2.75) is 32.1 Å². The Morgan fingerprint density at radius 1 is 1.12 bits per heavy atom. The van der Waals surface area contributed by atoms with Crippen molar-refractivity contribution in [3.05, 3.63) is 69.6 Å². The Morgan fingerprint density at radius 3 is 2.49 bits per heavy atom. The molecule has 0 bridgehead atoms. The Kier molecular flexibility index (Phi) is 8.13. The van der Waals surface area contributed by atoms with E-state index in [0.29, 0.717) is 36.1 Å². The summed E-state index contributed by atoms with van der Waals surface area (Å²) in [5.41, 5.74) is 6.82. The molecule has 0 unspecified atom stereocenters. The van der Waals surface area contributed by atoms with Crippen LogP contribution in [0, 0.1) is 5.41 Å². The number of piperazine rings is 1. The molecule has 2 aliphatic rings. The van der Waals surface area contributed by atoms with E-state index < -0.39 is 27.9 Å². The molecule has 1 aliphatic carbocycles. The van der Waals surface area contributed by atoms with Gasteiger partial charge in [0.1, 0.15) is 11.4 Å². The molecule has 10 nitrogen and oxygen atoms in total. The highest BCUT2D eigenvalue weighted by molar-refractivity contribution is 7.88. The van der Waals surface area contributed by atoms with Gasteiger partial charge in [0.05, 0.1) is 24.2 Å². The lowest BCUT2D eigenvalue weighted by molar-refractivity contribution is -0.0498. The molecule has 1 aliphatic heterocycles. The number of rotatable bonds is 10. The maximum Gasteiger partial charge on any atom is 0.387 e. The van der Waals surface area contributed by atoms with Gasteiger partial charge in [0.15, 0.2) is 0 Å². The van der Waals surface area contributed by atoms with Gasteiger partial charge < -0.3 is 20.1 Å². The fraction of sp³-hybridized carbons (Fsp3) is 0.407. The van der Waals surface area contributed by atoms with Crippen molar-refractivity contribution < 1.29 is 26.7 Å². The number of sulfonamides is 1. The van der Waals surface area contributed by atoms with Gasteiger partial charge in [-0.15, -0.1) is 0 Å². The maximum atomic E-state index is 13.6. The Labute approximate surface area is 241 Å². The second kappa shape index (κ2) is 11.5. The van der Waals surface area contributed by atoms with Gasteiger partial charge >= 0.3 is 12.2 Å². The van der Waals surface area contributed by atoms with Crippen LogP contribution in [0.5, 0.6) is 11.5 Å². The number of nitrogens with zero attached hydrogens (tertiary/aromatic N) is 4. The fourth-order valence-corrected chi connectivity index (χ4v) is 6.30. The quantitative estimate of drug-likeness (QED) is 0.344. The van der Waals surface area contributed by atoms with Crippen molar-refractivity contribution in [2.75, 3.05) is 43.4 Å². The van der Waals surface area contributed by atoms with Gasteiger partial charge in [0.2, 0.25) is 15.8 Å². The summed E-state index contributed by atoms with van der Waals surface area (Å²) in [4.78, 5) is 15.4. The summed E-state index contributed by atoms with van der Waals surface area (Å²) >= 11 is 6.13. The monoisotopic (exact) mass is 609 g/mol. The van der Waals surface area contributed by atoms with E-state index in [1.54, 1.807) is 30.5 Å². The number of hydrogen-bond acceptors (Lipinski definition) is 8. The highest BCUT2D eigenvalue weighted by Gasteiger charge is 2.39. The predicted octanol–water partition coefficient (Wildman–Crippen LogP) is 3.90. The van der Waals surface area contributed by atoms with Crippen LogP contribution in [0.2, 0.25) is 5.02 Å². The average molecular weight is 610 g/mol. The number of nitrogens with two attached hydrogens (primary N) is 1. The van der Waals surface area contributed by atoms with E-state index in [2.05, 4.69) is 16.8 Å². The van der Waals surface area contributed by atoms with E-state index in [1.165, 1.54) is 27.2 Å². The molecule has 1 saturated heterocycles. The molecule has 2 heterocycles. The van der Waals surface area contributed by atoms with Crippen LogP contribution in [0.25, 0.3) is 5.69 Å². The van der Waals surface area contributed by atoms with Crippen LogP contribution in [0.1, 0.15) is 25.3 Å². The minimum absolute atomic E-state index is 0.0201. The molecule has 0 radical (unpaired) electrons. The number of ether oxygens (including phenoxy) is 2. The third kappa shape index (κ3) is 6.74. The van der Waals surface area contributed by atoms with Crippen molar-refractivity contribution >= 4 is 33.0 Å². The summed E-state index contributed by atoms with van der Waals surface area (Å²) in [5.74, 6) is -0.382. The molecule has 1 aromatic heterocycles. The van der Waals surface area contributed by atoms with Crippen molar-refractivity contribution in [3.63, 3.8) is 0 Å². The molecule has 1 saturated carbocycles. The lowest BCUT2D eigenvalue weighted by atomic mass is 10.2. The zero-order valence-corrected chi connectivity index (χ0v) is 23.9. The molecule has 2 fully saturated rings. The third-order valence-corrected chi connectivity index (χ3v) is 9.35. The first-order valence-electron chi connectivity index (χ1n) is 13.0. The maximum absolute atomic E-state index is 13.6.